The van der Waals surface area contributed by atoms with Crippen molar-refractivity contribution in [2.45, 2.75) is 70.8 Å². The lowest BCUT2D eigenvalue weighted by Gasteiger charge is -2.38. The third-order valence-electron chi connectivity index (χ3n) is 7.38. The van der Waals surface area contributed by atoms with Crippen molar-refractivity contribution in [2.75, 3.05) is 38.3 Å². The predicted molar refractivity (Wildman–Crippen MR) is 169 cm³/mol. The number of carbonyl (C=O) groups is 2. The molecule has 0 aliphatic carbocycles. The Morgan fingerprint density at radius 2 is 1.85 bits per heavy atom. The van der Waals surface area contributed by atoms with Crippen LogP contribution in [0.5, 0.6) is 5.75 Å². The lowest BCUT2D eigenvalue weighted by Crippen LogP contribution is -3.00. The first-order valence-electron chi connectivity index (χ1n) is 15.1. The van der Waals surface area contributed by atoms with E-state index in [0.29, 0.717) is 49.7 Å². The molecule has 0 saturated carbocycles. The number of pyridine rings is 1. The quantitative estimate of drug-likeness (QED) is 0.0446. The summed E-state index contributed by atoms with van der Waals surface area (Å²) >= 11 is 5.92. The number of hydrogen-bond acceptors (Lipinski definition) is 8. The van der Waals surface area contributed by atoms with Gasteiger partial charge < -0.3 is 53.7 Å². The van der Waals surface area contributed by atoms with Crippen molar-refractivity contribution in [3.05, 3.63) is 53.8 Å². The Hall–Kier alpha value is -3.35. The molecule has 2 heterocycles. The van der Waals surface area contributed by atoms with Crippen LogP contribution in [0.4, 0.5) is 10.5 Å². The standard InChI is InChI=1S/C32H44ClN6O6.HI/c1-31(2,3)45-30(41)37-17-9-10-25(22-37)32(42-4,44-24-40)38-19-15-27(16-20-38)39(29(35)36-23-34)18-7-5-6-8-21-43-28-13-11-26(33)12-14-28;/h11-16,19-20,24-25H,5-10,17-18,21-22H2,1-4H3,(H2,35,36);1H/q+1;/p-1. The Balaban J connectivity index is 0.00000736. The van der Waals surface area contributed by atoms with Gasteiger partial charge in [0.25, 0.3) is 6.47 Å². The van der Waals surface area contributed by atoms with Gasteiger partial charge in [-0.25, -0.2) is 4.79 Å². The summed E-state index contributed by atoms with van der Waals surface area (Å²) in [6.45, 7) is 7.72. The second-order valence-electron chi connectivity index (χ2n) is 11.7. The van der Waals surface area contributed by atoms with Gasteiger partial charge in [-0.05, 0) is 70.7 Å². The summed E-state index contributed by atoms with van der Waals surface area (Å²) in [5.74, 6) is -1.03. The lowest BCUT2D eigenvalue weighted by molar-refractivity contribution is -0.859. The number of benzene rings is 1. The summed E-state index contributed by atoms with van der Waals surface area (Å²) in [7, 11) is 1.46. The van der Waals surface area contributed by atoms with Crippen molar-refractivity contribution in [3.8, 4) is 11.9 Å². The molecule has 1 aromatic heterocycles. The van der Waals surface area contributed by atoms with Crippen LogP contribution in [0.2, 0.25) is 5.02 Å². The summed E-state index contributed by atoms with van der Waals surface area (Å²) < 4.78 is 24.5. The topological polar surface area (TPSA) is 144 Å². The van der Waals surface area contributed by atoms with E-state index in [9.17, 15) is 9.59 Å². The van der Waals surface area contributed by atoms with Crippen molar-refractivity contribution in [3.63, 3.8) is 0 Å². The van der Waals surface area contributed by atoms with E-state index in [0.717, 1.165) is 31.4 Å². The molecule has 46 heavy (non-hydrogen) atoms. The fraction of sp³-hybridized carbons (Fsp3) is 0.531. The molecule has 1 amide bonds. The number of nitrogens with two attached hydrogens (primary N) is 1. The van der Waals surface area contributed by atoms with Gasteiger partial charge in [-0.15, -0.1) is 9.56 Å². The molecule has 2 unspecified atom stereocenters. The number of nitriles is 1. The number of methoxy groups -OCH3 is 1. The maximum absolute atomic E-state index is 12.8. The minimum absolute atomic E-state index is 0. The number of aliphatic imine (C=N–C) groups is 1. The van der Waals surface area contributed by atoms with Crippen LogP contribution >= 0.6 is 11.6 Å². The van der Waals surface area contributed by atoms with Gasteiger partial charge in [0.05, 0.1) is 12.3 Å². The Morgan fingerprint density at radius 1 is 1.17 bits per heavy atom. The van der Waals surface area contributed by atoms with E-state index in [1.54, 1.807) is 57.2 Å². The number of amides is 1. The Morgan fingerprint density at radius 3 is 2.46 bits per heavy atom. The van der Waals surface area contributed by atoms with Crippen LogP contribution in [0.3, 0.4) is 0 Å². The van der Waals surface area contributed by atoms with E-state index < -0.39 is 17.6 Å². The third-order valence-corrected chi connectivity index (χ3v) is 7.63. The van der Waals surface area contributed by atoms with Gasteiger partial charge >= 0.3 is 12.0 Å². The van der Waals surface area contributed by atoms with Crippen molar-refractivity contribution in [1.29, 1.82) is 5.26 Å². The molecule has 1 aliphatic heterocycles. The Bertz CT molecular complexity index is 1320. The molecular weight excluding hydrogens is 727 g/mol. The number of nitrogens with zero attached hydrogens (tertiary/aromatic N) is 5. The smallest absolute Gasteiger partial charge is 0.439 e. The number of aromatic nitrogens is 1. The number of rotatable bonds is 14. The third kappa shape index (κ3) is 11.2. The van der Waals surface area contributed by atoms with Gasteiger partial charge in [-0.3, -0.25) is 9.53 Å². The predicted octanol–water partition coefficient (Wildman–Crippen LogP) is 1.95. The highest BCUT2D eigenvalue weighted by atomic mass is 127. The number of hydrogen-bond donors (Lipinski definition) is 1. The number of likely N-dealkylation sites (tertiary alicyclic amines) is 1. The molecule has 0 radical (unpaired) electrons. The second kappa shape index (κ2) is 18.7. The van der Waals surface area contributed by atoms with E-state index in [1.165, 1.54) is 7.11 Å². The minimum Gasteiger partial charge on any atom is -1.00 e. The van der Waals surface area contributed by atoms with Crippen LogP contribution in [0, 0.1) is 17.4 Å². The molecule has 2 aromatic rings. The molecule has 12 nitrogen and oxygen atoms in total. The Labute approximate surface area is 293 Å². The van der Waals surface area contributed by atoms with Crippen LogP contribution in [0.25, 0.3) is 0 Å². The molecular formula is C32H44ClIN6O6. The zero-order valence-electron chi connectivity index (χ0n) is 26.9. The van der Waals surface area contributed by atoms with E-state index in [4.69, 9.17) is 41.5 Å². The number of piperidine rings is 1. The van der Waals surface area contributed by atoms with E-state index in [-0.39, 0.29) is 42.4 Å². The molecule has 0 spiro atoms. The normalized spacial score (nSPS) is 16.3. The summed E-state index contributed by atoms with van der Waals surface area (Å²) in [4.78, 5) is 31.7. The number of unbranched alkanes of at least 4 members (excludes halogenated alkanes) is 3. The Kier molecular flexibility index (Phi) is 15.8. The van der Waals surface area contributed by atoms with Crippen LogP contribution < -0.4 is 43.9 Å². The van der Waals surface area contributed by atoms with Crippen molar-refractivity contribution in [1.82, 2.24) is 4.90 Å². The highest BCUT2D eigenvalue weighted by molar-refractivity contribution is 6.30. The fourth-order valence-corrected chi connectivity index (χ4v) is 5.39. The van der Waals surface area contributed by atoms with Gasteiger partial charge in [0.2, 0.25) is 12.2 Å². The minimum atomic E-state index is -1.51. The van der Waals surface area contributed by atoms with Crippen LogP contribution in [0.1, 0.15) is 59.3 Å². The highest BCUT2D eigenvalue weighted by Crippen LogP contribution is 2.32. The molecule has 1 fully saturated rings. The summed E-state index contributed by atoms with van der Waals surface area (Å²) in [5, 5.41) is 9.82. The van der Waals surface area contributed by atoms with Gasteiger partial charge in [0.1, 0.15) is 17.3 Å². The van der Waals surface area contributed by atoms with Gasteiger partial charge in [0, 0.05) is 43.9 Å². The van der Waals surface area contributed by atoms with E-state index in [2.05, 4.69) is 4.99 Å². The van der Waals surface area contributed by atoms with Crippen molar-refractivity contribution >= 4 is 35.8 Å². The van der Waals surface area contributed by atoms with E-state index >= 15 is 0 Å². The monoisotopic (exact) mass is 770 g/mol. The lowest BCUT2D eigenvalue weighted by atomic mass is 9.93. The van der Waals surface area contributed by atoms with Gasteiger partial charge in [-0.1, -0.05) is 24.4 Å². The number of halogens is 2. The number of carbonyl (C=O) groups excluding carboxylic acids is 2. The summed E-state index contributed by atoms with van der Waals surface area (Å²) in [6, 6.07) is 10.9. The van der Waals surface area contributed by atoms with Crippen molar-refractivity contribution in [2.24, 2.45) is 16.6 Å². The number of guanidine groups is 1. The van der Waals surface area contributed by atoms with Crippen LogP contribution in [-0.4, -0.2) is 62.4 Å². The summed E-state index contributed by atoms with van der Waals surface area (Å²) in [6.07, 6.45) is 9.65. The molecule has 3 rings (SSSR count). The molecule has 1 aromatic carbocycles. The second-order valence-corrected chi connectivity index (χ2v) is 12.2. The number of ether oxygens (including phenoxy) is 4. The molecule has 14 heteroatoms. The van der Waals surface area contributed by atoms with Crippen LogP contribution in [0.15, 0.2) is 53.8 Å². The van der Waals surface area contributed by atoms with Crippen LogP contribution in [-0.2, 0) is 24.9 Å². The maximum atomic E-state index is 12.8. The molecule has 2 atom stereocenters. The molecule has 1 aliphatic rings. The molecule has 0 bridgehead atoms. The largest absolute Gasteiger partial charge is 1.00 e. The first-order chi connectivity index (χ1) is 21.5. The molecule has 252 valence electrons. The zero-order valence-corrected chi connectivity index (χ0v) is 29.8. The van der Waals surface area contributed by atoms with Crippen molar-refractivity contribution < 1.29 is 57.1 Å². The van der Waals surface area contributed by atoms with Gasteiger partial charge in [0.15, 0.2) is 12.4 Å². The average molecular weight is 771 g/mol. The molecule has 1 saturated heterocycles. The first-order valence-corrected chi connectivity index (χ1v) is 15.4. The molecule has 2 N–H and O–H groups in total. The fourth-order valence-electron chi connectivity index (χ4n) is 5.26. The SMILES string of the molecule is COC(OC=O)(C1CCCN(C(=O)OC(C)(C)C)C1)[n+]1ccc(N(CCCCCCOc2ccc(Cl)cc2)C(N)=NC#N)cc1.[I-]. The highest BCUT2D eigenvalue weighted by Gasteiger charge is 2.53. The zero-order chi connectivity index (χ0) is 32.9. The van der Waals surface area contributed by atoms with Gasteiger partial charge in [-0.2, -0.15) is 5.26 Å². The summed E-state index contributed by atoms with van der Waals surface area (Å²) in [5.41, 5.74) is 6.23. The number of anilines is 1. The average Bonchev–Trinajstić information content (AvgIpc) is 3.01. The van der Waals surface area contributed by atoms with E-state index in [1.807, 2.05) is 32.9 Å². The maximum Gasteiger partial charge on any atom is 0.439 e. The first kappa shape index (κ1) is 38.8.